The second-order valence-corrected chi connectivity index (χ2v) is 5.09. The Morgan fingerprint density at radius 3 is 2.95 bits per heavy atom. The molecular weight excluding hydrogens is 268 g/mol. The normalized spacial score (nSPS) is 11.9. The van der Waals surface area contributed by atoms with E-state index in [1.54, 1.807) is 14.0 Å². The Kier molecular flexibility index (Phi) is 6.31. The SMILES string of the molecule is COCCNC(=O)C(C)Sc1cc(C(=O)O)ccn1. The summed E-state index contributed by atoms with van der Waals surface area (Å²) in [6.07, 6.45) is 1.42. The lowest BCUT2D eigenvalue weighted by molar-refractivity contribution is -0.120. The molecule has 1 aromatic heterocycles. The van der Waals surface area contributed by atoms with Gasteiger partial charge >= 0.3 is 5.97 Å². The van der Waals surface area contributed by atoms with Crippen LogP contribution >= 0.6 is 11.8 Å². The van der Waals surface area contributed by atoms with Crippen molar-refractivity contribution in [1.82, 2.24) is 10.3 Å². The summed E-state index contributed by atoms with van der Waals surface area (Å²) in [7, 11) is 1.56. The number of carbonyl (C=O) groups is 2. The van der Waals surface area contributed by atoms with Crippen LogP contribution in [0.5, 0.6) is 0 Å². The lowest BCUT2D eigenvalue weighted by Gasteiger charge is -2.11. The van der Waals surface area contributed by atoms with Crippen LogP contribution in [0.3, 0.4) is 0 Å². The number of ether oxygens (including phenoxy) is 1. The summed E-state index contributed by atoms with van der Waals surface area (Å²) in [6, 6.07) is 2.86. The molecule has 0 saturated heterocycles. The average molecular weight is 284 g/mol. The molecule has 2 N–H and O–H groups in total. The van der Waals surface area contributed by atoms with E-state index in [-0.39, 0.29) is 16.7 Å². The van der Waals surface area contributed by atoms with Crippen molar-refractivity contribution in [3.63, 3.8) is 0 Å². The number of aromatic carboxylic acids is 1. The molecule has 0 radical (unpaired) electrons. The van der Waals surface area contributed by atoms with Crippen LogP contribution in [-0.4, -0.2) is 47.5 Å². The smallest absolute Gasteiger partial charge is 0.335 e. The van der Waals surface area contributed by atoms with Gasteiger partial charge in [-0.25, -0.2) is 9.78 Å². The van der Waals surface area contributed by atoms with E-state index in [9.17, 15) is 9.59 Å². The number of methoxy groups -OCH3 is 1. The molecule has 7 heteroatoms. The standard InChI is InChI=1S/C12H16N2O4S/c1-8(11(15)14-5-6-18-2)19-10-7-9(12(16)17)3-4-13-10/h3-4,7-8H,5-6H2,1-2H3,(H,14,15)(H,16,17). The highest BCUT2D eigenvalue weighted by Crippen LogP contribution is 2.21. The third kappa shape index (κ3) is 5.27. The summed E-state index contributed by atoms with van der Waals surface area (Å²) in [5, 5.41) is 11.7. The number of rotatable bonds is 7. The zero-order valence-corrected chi connectivity index (χ0v) is 11.6. The van der Waals surface area contributed by atoms with E-state index in [2.05, 4.69) is 10.3 Å². The van der Waals surface area contributed by atoms with Gasteiger partial charge < -0.3 is 15.2 Å². The van der Waals surface area contributed by atoms with Crippen LogP contribution < -0.4 is 5.32 Å². The van der Waals surface area contributed by atoms with Crippen molar-refractivity contribution >= 4 is 23.6 Å². The zero-order chi connectivity index (χ0) is 14.3. The van der Waals surface area contributed by atoms with Crippen molar-refractivity contribution in [1.29, 1.82) is 0 Å². The number of nitrogens with zero attached hydrogens (tertiary/aromatic N) is 1. The second kappa shape index (κ2) is 7.75. The maximum Gasteiger partial charge on any atom is 0.335 e. The average Bonchev–Trinajstić information content (AvgIpc) is 2.39. The van der Waals surface area contributed by atoms with Crippen LogP contribution in [0.1, 0.15) is 17.3 Å². The molecule has 0 aromatic carbocycles. The van der Waals surface area contributed by atoms with E-state index in [1.165, 1.54) is 30.1 Å². The van der Waals surface area contributed by atoms with Gasteiger partial charge in [0.1, 0.15) is 0 Å². The molecule has 0 spiro atoms. The molecular formula is C12H16N2O4S. The second-order valence-electron chi connectivity index (χ2n) is 3.73. The number of thioether (sulfide) groups is 1. The summed E-state index contributed by atoms with van der Waals surface area (Å²) in [4.78, 5) is 26.6. The number of aromatic nitrogens is 1. The Morgan fingerprint density at radius 2 is 2.32 bits per heavy atom. The van der Waals surface area contributed by atoms with Crippen molar-refractivity contribution in [3.05, 3.63) is 23.9 Å². The van der Waals surface area contributed by atoms with Crippen LogP contribution in [0.2, 0.25) is 0 Å². The summed E-state index contributed by atoms with van der Waals surface area (Å²) in [5.41, 5.74) is 0.157. The minimum Gasteiger partial charge on any atom is -0.478 e. The number of pyridine rings is 1. The third-order valence-corrected chi connectivity index (χ3v) is 3.29. The maximum absolute atomic E-state index is 11.7. The van der Waals surface area contributed by atoms with Gasteiger partial charge in [0.25, 0.3) is 0 Å². The number of carboxylic acids is 1. The minimum absolute atomic E-state index is 0.135. The number of hydrogen-bond donors (Lipinski definition) is 2. The van der Waals surface area contributed by atoms with E-state index in [0.29, 0.717) is 18.2 Å². The molecule has 1 heterocycles. The Morgan fingerprint density at radius 1 is 1.58 bits per heavy atom. The summed E-state index contributed by atoms with van der Waals surface area (Å²) in [6.45, 7) is 2.64. The van der Waals surface area contributed by atoms with E-state index in [1.807, 2.05) is 0 Å². The van der Waals surface area contributed by atoms with Crippen LogP contribution in [-0.2, 0) is 9.53 Å². The van der Waals surface area contributed by atoms with Gasteiger partial charge in [-0.15, -0.1) is 0 Å². The van der Waals surface area contributed by atoms with Crippen molar-refractivity contribution in [2.75, 3.05) is 20.3 Å². The summed E-state index contributed by atoms with van der Waals surface area (Å²) < 4.78 is 4.83. The van der Waals surface area contributed by atoms with Gasteiger partial charge in [0.15, 0.2) is 0 Å². The molecule has 1 atom stereocenters. The van der Waals surface area contributed by atoms with Gasteiger partial charge in [0, 0.05) is 19.9 Å². The highest BCUT2D eigenvalue weighted by molar-refractivity contribution is 8.00. The summed E-state index contributed by atoms with van der Waals surface area (Å²) >= 11 is 1.21. The molecule has 19 heavy (non-hydrogen) atoms. The Labute approximate surface area is 115 Å². The lowest BCUT2D eigenvalue weighted by atomic mass is 10.3. The fourth-order valence-corrected chi connectivity index (χ4v) is 2.13. The summed E-state index contributed by atoms with van der Waals surface area (Å²) in [5.74, 6) is -1.15. The quantitative estimate of drug-likeness (QED) is 0.574. The molecule has 0 aliphatic carbocycles. The van der Waals surface area contributed by atoms with Gasteiger partial charge in [0.05, 0.1) is 22.4 Å². The van der Waals surface area contributed by atoms with Crippen LogP contribution in [0.4, 0.5) is 0 Å². The van der Waals surface area contributed by atoms with E-state index < -0.39 is 5.97 Å². The van der Waals surface area contributed by atoms with Crippen molar-refractivity contribution < 1.29 is 19.4 Å². The number of carbonyl (C=O) groups excluding carboxylic acids is 1. The Hall–Kier alpha value is -1.60. The van der Waals surface area contributed by atoms with E-state index >= 15 is 0 Å². The van der Waals surface area contributed by atoms with Crippen LogP contribution in [0.15, 0.2) is 23.4 Å². The number of nitrogens with one attached hydrogen (secondary N) is 1. The highest BCUT2D eigenvalue weighted by atomic mass is 32.2. The fraction of sp³-hybridized carbons (Fsp3) is 0.417. The van der Waals surface area contributed by atoms with E-state index in [0.717, 1.165) is 0 Å². The molecule has 1 aromatic rings. The first-order valence-electron chi connectivity index (χ1n) is 5.67. The predicted molar refractivity (Wildman–Crippen MR) is 71.4 cm³/mol. The van der Waals surface area contributed by atoms with Gasteiger partial charge in [-0.1, -0.05) is 11.8 Å². The molecule has 1 unspecified atom stereocenters. The molecule has 0 aliphatic heterocycles. The van der Waals surface area contributed by atoms with Crippen molar-refractivity contribution in [2.45, 2.75) is 17.2 Å². The van der Waals surface area contributed by atoms with Gasteiger partial charge in [-0.3, -0.25) is 4.79 Å². The third-order valence-electron chi connectivity index (χ3n) is 2.25. The fourth-order valence-electron chi connectivity index (χ4n) is 1.26. The van der Waals surface area contributed by atoms with Gasteiger partial charge in [-0.05, 0) is 19.1 Å². The molecule has 0 bridgehead atoms. The highest BCUT2D eigenvalue weighted by Gasteiger charge is 2.15. The molecule has 6 nitrogen and oxygen atoms in total. The number of hydrogen-bond acceptors (Lipinski definition) is 5. The van der Waals surface area contributed by atoms with Gasteiger partial charge in [0.2, 0.25) is 5.91 Å². The molecule has 0 saturated carbocycles. The number of carboxylic acid groups (broad SMARTS) is 1. The largest absolute Gasteiger partial charge is 0.478 e. The molecule has 0 fully saturated rings. The minimum atomic E-state index is -1.01. The zero-order valence-electron chi connectivity index (χ0n) is 10.8. The first kappa shape index (κ1) is 15.5. The molecule has 0 aliphatic rings. The predicted octanol–water partition coefficient (Wildman–Crippen LogP) is 1.02. The first-order chi connectivity index (χ1) is 9.04. The lowest BCUT2D eigenvalue weighted by Crippen LogP contribution is -2.33. The molecule has 1 rings (SSSR count). The van der Waals surface area contributed by atoms with Crippen LogP contribution in [0.25, 0.3) is 0 Å². The number of amides is 1. The van der Waals surface area contributed by atoms with Gasteiger partial charge in [-0.2, -0.15) is 0 Å². The monoisotopic (exact) mass is 284 g/mol. The van der Waals surface area contributed by atoms with E-state index in [4.69, 9.17) is 9.84 Å². The maximum atomic E-state index is 11.7. The van der Waals surface area contributed by atoms with Crippen molar-refractivity contribution in [3.8, 4) is 0 Å². The Bertz CT molecular complexity index is 453. The topological polar surface area (TPSA) is 88.5 Å². The van der Waals surface area contributed by atoms with Crippen LogP contribution in [0, 0.1) is 0 Å². The molecule has 104 valence electrons. The Balaban J connectivity index is 2.56. The first-order valence-corrected chi connectivity index (χ1v) is 6.55. The molecule has 1 amide bonds. The van der Waals surface area contributed by atoms with Crippen molar-refractivity contribution in [2.24, 2.45) is 0 Å².